The third-order valence-electron chi connectivity index (χ3n) is 6.47. The molecule has 148 valence electrons. The summed E-state index contributed by atoms with van der Waals surface area (Å²) in [6, 6.07) is 7.92. The summed E-state index contributed by atoms with van der Waals surface area (Å²) < 4.78 is 11.6. The third-order valence-corrected chi connectivity index (χ3v) is 6.47. The molecule has 7 nitrogen and oxygen atoms in total. The molecule has 0 bridgehead atoms. The van der Waals surface area contributed by atoms with Crippen LogP contribution in [0.5, 0.6) is 5.75 Å². The number of aromatic nitrogens is 2. The molecule has 0 radical (unpaired) electrons. The van der Waals surface area contributed by atoms with Crippen LogP contribution in [0.15, 0.2) is 28.7 Å². The fraction of sp³-hybridized carbons (Fsp3) is 0.571. The van der Waals surface area contributed by atoms with Gasteiger partial charge in [0, 0.05) is 13.1 Å². The van der Waals surface area contributed by atoms with Crippen molar-refractivity contribution in [2.45, 2.75) is 51.0 Å². The van der Waals surface area contributed by atoms with Gasteiger partial charge in [-0.3, -0.25) is 4.79 Å². The molecule has 1 N–H and O–H groups in total. The van der Waals surface area contributed by atoms with Crippen LogP contribution in [-0.4, -0.2) is 46.7 Å². The Hall–Kier alpha value is -2.57. The molecule has 1 aliphatic carbocycles. The maximum absolute atomic E-state index is 12.7. The van der Waals surface area contributed by atoms with Crippen LogP contribution in [0.25, 0.3) is 0 Å². The van der Waals surface area contributed by atoms with E-state index in [1.165, 1.54) is 12.8 Å². The molecule has 3 heterocycles. The first-order chi connectivity index (χ1) is 13.6. The number of likely N-dealkylation sites (tertiary alicyclic amines) is 1. The van der Waals surface area contributed by atoms with E-state index in [2.05, 4.69) is 21.6 Å². The molecule has 3 aliphatic rings. The van der Waals surface area contributed by atoms with Gasteiger partial charge in [0.25, 0.3) is 0 Å². The molecule has 2 aliphatic heterocycles. The molecule has 1 aromatic heterocycles. The second-order valence-corrected chi connectivity index (χ2v) is 8.46. The summed E-state index contributed by atoms with van der Waals surface area (Å²) in [5.74, 6) is 1.60. The van der Waals surface area contributed by atoms with Crippen molar-refractivity contribution in [1.29, 1.82) is 0 Å². The predicted molar refractivity (Wildman–Crippen MR) is 103 cm³/mol. The van der Waals surface area contributed by atoms with Crippen molar-refractivity contribution in [3.05, 3.63) is 35.7 Å². The number of amides is 1. The van der Waals surface area contributed by atoms with Crippen molar-refractivity contribution < 1.29 is 13.9 Å². The van der Waals surface area contributed by atoms with E-state index in [4.69, 9.17) is 9.15 Å². The van der Waals surface area contributed by atoms with Crippen molar-refractivity contribution in [3.63, 3.8) is 0 Å². The highest BCUT2D eigenvalue weighted by atomic mass is 16.5. The van der Waals surface area contributed by atoms with Gasteiger partial charge in [0.1, 0.15) is 18.4 Å². The van der Waals surface area contributed by atoms with E-state index in [0.717, 1.165) is 43.7 Å². The van der Waals surface area contributed by atoms with Crippen LogP contribution < -0.4 is 10.1 Å². The van der Waals surface area contributed by atoms with Crippen LogP contribution in [0.4, 0.5) is 6.01 Å². The van der Waals surface area contributed by atoms with Crippen LogP contribution in [0.2, 0.25) is 0 Å². The maximum atomic E-state index is 12.7. The SMILES string of the molecule is C[C@@H](Nc1nnc(C2COc3ccccc3C2)o1)C(=O)N1CCC2(CC1)CC2. The first-order valence-electron chi connectivity index (χ1n) is 10.2. The average molecular weight is 382 g/mol. The number of nitrogens with one attached hydrogen (secondary N) is 1. The number of hydrogen-bond donors (Lipinski definition) is 1. The van der Waals surface area contributed by atoms with Crippen LogP contribution >= 0.6 is 0 Å². The molecule has 1 unspecified atom stereocenters. The molecule has 1 aromatic carbocycles. The molecule has 1 saturated carbocycles. The van der Waals surface area contributed by atoms with E-state index in [0.29, 0.717) is 23.9 Å². The largest absolute Gasteiger partial charge is 0.492 e. The van der Waals surface area contributed by atoms with E-state index in [-0.39, 0.29) is 17.9 Å². The van der Waals surface area contributed by atoms with Gasteiger partial charge in [-0.05, 0) is 56.1 Å². The zero-order valence-electron chi connectivity index (χ0n) is 16.2. The number of hydrogen-bond acceptors (Lipinski definition) is 6. The number of anilines is 1. The Morgan fingerprint density at radius 2 is 2.00 bits per heavy atom. The monoisotopic (exact) mass is 382 g/mol. The van der Waals surface area contributed by atoms with Gasteiger partial charge in [-0.2, -0.15) is 0 Å². The van der Waals surface area contributed by atoms with Crippen molar-refractivity contribution in [1.82, 2.24) is 15.1 Å². The van der Waals surface area contributed by atoms with Crippen molar-refractivity contribution in [3.8, 4) is 5.75 Å². The molecular formula is C21H26N4O3. The molecular weight excluding hydrogens is 356 g/mol. The van der Waals surface area contributed by atoms with Gasteiger partial charge in [-0.15, -0.1) is 5.10 Å². The van der Waals surface area contributed by atoms with Crippen molar-refractivity contribution in [2.24, 2.45) is 5.41 Å². The Morgan fingerprint density at radius 3 is 2.79 bits per heavy atom. The standard InChI is InChI=1S/C21H26N4O3/c1-14(19(26)25-10-8-21(6-7-21)9-11-25)22-20-24-23-18(28-20)16-12-15-4-2-3-5-17(15)27-13-16/h2-5,14,16H,6-13H2,1H3,(H,22,24)/t14-,16?/m1/s1. The van der Waals surface area contributed by atoms with Crippen molar-refractivity contribution >= 4 is 11.9 Å². The molecule has 2 atom stereocenters. The number of rotatable bonds is 4. The Morgan fingerprint density at radius 1 is 1.21 bits per heavy atom. The van der Waals surface area contributed by atoms with Crippen LogP contribution in [0.3, 0.4) is 0 Å². The number of benzene rings is 1. The number of para-hydroxylation sites is 1. The molecule has 2 aromatic rings. The quantitative estimate of drug-likeness (QED) is 0.876. The third kappa shape index (κ3) is 3.34. The lowest BCUT2D eigenvalue weighted by atomic mass is 9.93. The second-order valence-electron chi connectivity index (χ2n) is 8.46. The summed E-state index contributed by atoms with van der Waals surface area (Å²) >= 11 is 0. The zero-order chi connectivity index (χ0) is 19.1. The number of nitrogens with zero attached hydrogens (tertiary/aromatic N) is 3. The highest BCUT2D eigenvalue weighted by Gasteiger charge is 2.45. The topological polar surface area (TPSA) is 80.5 Å². The number of carbonyl (C=O) groups is 1. The smallest absolute Gasteiger partial charge is 0.316 e. The molecule has 2 fully saturated rings. The fourth-order valence-electron chi connectivity index (χ4n) is 4.34. The Balaban J connectivity index is 1.19. The average Bonchev–Trinajstić information content (AvgIpc) is 3.31. The van der Waals surface area contributed by atoms with E-state index in [1.807, 2.05) is 30.0 Å². The lowest BCUT2D eigenvalue weighted by molar-refractivity contribution is -0.133. The van der Waals surface area contributed by atoms with Crippen LogP contribution in [0.1, 0.15) is 50.0 Å². The Kier molecular flexibility index (Phi) is 4.25. The highest BCUT2D eigenvalue weighted by molar-refractivity contribution is 5.83. The maximum Gasteiger partial charge on any atom is 0.316 e. The molecule has 5 rings (SSSR count). The summed E-state index contributed by atoms with van der Waals surface area (Å²) in [4.78, 5) is 14.7. The van der Waals surface area contributed by atoms with Crippen LogP contribution in [-0.2, 0) is 11.2 Å². The van der Waals surface area contributed by atoms with Gasteiger partial charge in [0.15, 0.2) is 0 Å². The molecule has 28 heavy (non-hydrogen) atoms. The minimum absolute atomic E-state index is 0.0285. The Labute approximate surface area is 164 Å². The number of fused-ring (bicyclic) bond motifs is 1. The fourth-order valence-corrected chi connectivity index (χ4v) is 4.34. The Bertz CT molecular complexity index is 866. The van der Waals surface area contributed by atoms with Gasteiger partial charge in [0.2, 0.25) is 11.8 Å². The van der Waals surface area contributed by atoms with E-state index >= 15 is 0 Å². The second kappa shape index (κ2) is 6.79. The lowest BCUT2D eigenvalue weighted by Crippen LogP contribution is -2.45. The number of carbonyl (C=O) groups excluding carboxylic acids is 1. The molecule has 1 amide bonds. The molecule has 1 spiro atoms. The predicted octanol–water partition coefficient (Wildman–Crippen LogP) is 2.99. The minimum atomic E-state index is -0.384. The van der Waals surface area contributed by atoms with E-state index in [9.17, 15) is 4.79 Å². The van der Waals surface area contributed by atoms with Gasteiger partial charge in [-0.1, -0.05) is 23.3 Å². The number of piperidine rings is 1. The summed E-state index contributed by atoms with van der Waals surface area (Å²) in [7, 11) is 0. The zero-order valence-corrected chi connectivity index (χ0v) is 16.2. The van der Waals surface area contributed by atoms with E-state index < -0.39 is 0 Å². The summed E-state index contributed by atoms with van der Waals surface area (Å²) in [6.45, 7) is 4.09. The lowest BCUT2D eigenvalue weighted by Gasteiger charge is -2.33. The summed E-state index contributed by atoms with van der Waals surface area (Å²) in [5, 5.41) is 11.4. The first-order valence-corrected chi connectivity index (χ1v) is 10.2. The van der Waals surface area contributed by atoms with Crippen molar-refractivity contribution in [2.75, 3.05) is 25.0 Å². The number of ether oxygens (including phenoxy) is 1. The van der Waals surface area contributed by atoms with Gasteiger partial charge < -0.3 is 19.4 Å². The highest BCUT2D eigenvalue weighted by Crippen LogP contribution is 2.53. The van der Waals surface area contributed by atoms with Gasteiger partial charge in [-0.25, -0.2) is 0 Å². The first kappa shape index (κ1) is 17.5. The van der Waals surface area contributed by atoms with E-state index in [1.54, 1.807) is 0 Å². The minimum Gasteiger partial charge on any atom is -0.492 e. The summed E-state index contributed by atoms with van der Waals surface area (Å²) in [5.41, 5.74) is 1.71. The summed E-state index contributed by atoms with van der Waals surface area (Å²) in [6.07, 6.45) is 5.76. The normalized spacial score (nSPS) is 23.6. The molecule has 7 heteroatoms. The van der Waals surface area contributed by atoms with Gasteiger partial charge in [0.05, 0.1) is 5.92 Å². The molecule has 1 saturated heterocycles. The van der Waals surface area contributed by atoms with Crippen LogP contribution in [0, 0.1) is 5.41 Å². The van der Waals surface area contributed by atoms with Gasteiger partial charge >= 0.3 is 6.01 Å².